The molecule has 5 nitrogen and oxygen atoms in total. The van der Waals surface area contributed by atoms with Gasteiger partial charge in [-0.25, -0.2) is 4.39 Å². The molecule has 0 saturated heterocycles. The molecular formula is C17H20FN3O2. The average molecular weight is 317 g/mol. The van der Waals surface area contributed by atoms with E-state index in [2.05, 4.69) is 10.4 Å². The number of nitrogens with zero attached hydrogens (tertiary/aromatic N) is 2. The van der Waals surface area contributed by atoms with Crippen molar-refractivity contribution in [2.24, 2.45) is 7.05 Å². The van der Waals surface area contributed by atoms with Gasteiger partial charge in [0.25, 0.3) is 5.91 Å². The summed E-state index contributed by atoms with van der Waals surface area (Å²) in [6.07, 6.45) is 2.51. The normalized spacial score (nSPS) is 10.9. The van der Waals surface area contributed by atoms with Crippen LogP contribution in [0.3, 0.4) is 0 Å². The van der Waals surface area contributed by atoms with Crippen LogP contribution in [0.2, 0.25) is 0 Å². The third-order valence-electron chi connectivity index (χ3n) is 3.31. The number of rotatable bonds is 7. The second-order valence-corrected chi connectivity index (χ2v) is 5.00. The molecule has 0 fully saturated rings. The van der Waals surface area contributed by atoms with Crippen molar-refractivity contribution in [1.29, 1.82) is 0 Å². The Bertz CT molecular complexity index is 695. The van der Waals surface area contributed by atoms with Crippen LogP contribution in [0, 0.1) is 0 Å². The lowest BCUT2D eigenvalue weighted by atomic mass is 10.2. The number of hydrogen-bond acceptors (Lipinski definition) is 3. The molecule has 0 bridgehead atoms. The van der Waals surface area contributed by atoms with E-state index in [-0.39, 0.29) is 12.5 Å². The fourth-order valence-corrected chi connectivity index (χ4v) is 2.11. The number of aromatic nitrogens is 2. The zero-order valence-electron chi connectivity index (χ0n) is 13.3. The molecule has 6 heteroatoms. The number of carbonyl (C=O) groups is 1. The highest BCUT2D eigenvalue weighted by Crippen LogP contribution is 2.13. The van der Waals surface area contributed by atoms with Crippen LogP contribution in [0.4, 0.5) is 4.39 Å². The fourth-order valence-electron chi connectivity index (χ4n) is 2.11. The third-order valence-corrected chi connectivity index (χ3v) is 3.31. The van der Waals surface area contributed by atoms with Gasteiger partial charge in [-0.2, -0.15) is 5.10 Å². The van der Waals surface area contributed by atoms with Crippen molar-refractivity contribution < 1.29 is 13.9 Å². The molecule has 0 atom stereocenters. The third kappa shape index (κ3) is 4.67. The van der Waals surface area contributed by atoms with Gasteiger partial charge in [-0.05, 0) is 36.3 Å². The molecule has 1 N–H and O–H groups in total. The van der Waals surface area contributed by atoms with Crippen molar-refractivity contribution in [2.75, 3.05) is 6.61 Å². The maximum absolute atomic E-state index is 12.2. The van der Waals surface area contributed by atoms with Gasteiger partial charge in [0, 0.05) is 13.6 Å². The molecule has 0 aliphatic heterocycles. The summed E-state index contributed by atoms with van der Waals surface area (Å²) in [4.78, 5) is 12.2. The molecule has 2 aromatic rings. The van der Waals surface area contributed by atoms with Crippen molar-refractivity contribution in [3.63, 3.8) is 0 Å². The Hall–Kier alpha value is -2.63. The van der Waals surface area contributed by atoms with E-state index in [4.69, 9.17) is 4.74 Å². The van der Waals surface area contributed by atoms with E-state index in [0.717, 1.165) is 17.7 Å². The lowest BCUT2D eigenvalue weighted by Crippen LogP contribution is -2.25. The zero-order valence-corrected chi connectivity index (χ0v) is 13.3. The van der Waals surface area contributed by atoms with Gasteiger partial charge in [0.05, 0.1) is 12.0 Å². The van der Waals surface area contributed by atoms with Crippen molar-refractivity contribution in [3.05, 3.63) is 59.7 Å². The van der Waals surface area contributed by atoms with Gasteiger partial charge >= 0.3 is 0 Å². The van der Waals surface area contributed by atoms with Crippen LogP contribution in [0.25, 0.3) is 0 Å². The first-order valence-corrected chi connectivity index (χ1v) is 7.42. The quantitative estimate of drug-likeness (QED) is 0.854. The largest absolute Gasteiger partial charge is 0.489 e. The molecule has 1 heterocycles. The van der Waals surface area contributed by atoms with Crippen LogP contribution in [-0.4, -0.2) is 22.3 Å². The summed E-state index contributed by atoms with van der Waals surface area (Å²) in [6.45, 7) is 2.54. The highest BCUT2D eigenvalue weighted by atomic mass is 19.1. The predicted molar refractivity (Wildman–Crippen MR) is 85.9 cm³/mol. The number of carbonyl (C=O) groups excluding carboxylic acids is 1. The highest BCUT2D eigenvalue weighted by molar-refractivity contribution is 5.92. The average Bonchev–Trinajstić information content (AvgIpc) is 2.94. The number of ether oxygens (including phenoxy) is 1. The number of halogens is 1. The predicted octanol–water partition coefficient (Wildman–Crippen LogP) is 2.77. The fraction of sp³-hybridized carbons (Fsp3) is 0.294. The summed E-state index contributed by atoms with van der Waals surface area (Å²) in [6, 6.07) is 9.10. The van der Waals surface area contributed by atoms with E-state index in [1.807, 2.05) is 25.1 Å². The van der Waals surface area contributed by atoms with Crippen LogP contribution in [-0.2, 0) is 20.0 Å². The Kier molecular flexibility index (Phi) is 5.91. The maximum Gasteiger partial charge on any atom is 0.269 e. The van der Waals surface area contributed by atoms with Crippen molar-refractivity contribution in [3.8, 4) is 5.75 Å². The van der Waals surface area contributed by atoms with E-state index in [1.165, 1.54) is 6.08 Å². The second kappa shape index (κ2) is 8.12. The molecule has 1 aromatic heterocycles. The molecule has 23 heavy (non-hydrogen) atoms. The smallest absolute Gasteiger partial charge is 0.269 e. The van der Waals surface area contributed by atoms with Crippen molar-refractivity contribution in [2.45, 2.75) is 19.9 Å². The van der Waals surface area contributed by atoms with Gasteiger partial charge in [-0.3, -0.25) is 9.48 Å². The van der Waals surface area contributed by atoms with Crippen LogP contribution in [0.1, 0.15) is 28.7 Å². The van der Waals surface area contributed by atoms with E-state index < -0.39 is 0 Å². The van der Waals surface area contributed by atoms with Gasteiger partial charge in [0.15, 0.2) is 0 Å². The molecule has 0 spiro atoms. The Morgan fingerprint density at radius 1 is 1.43 bits per heavy atom. The summed E-state index contributed by atoms with van der Waals surface area (Å²) in [5.41, 5.74) is 2.31. The standard InChI is InChI=1S/C17H20FN3O2/c1-3-14-11-16(21(2)20-14)17(22)19-12-13-6-4-7-15(10-13)23-9-5-8-18/h4-8,10-11H,3,9,12H2,1-2H3,(H,19,22). The minimum atomic E-state index is -0.175. The minimum Gasteiger partial charge on any atom is -0.489 e. The summed E-state index contributed by atoms with van der Waals surface area (Å²) in [5.74, 6) is 0.454. The Balaban J connectivity index is 1.95. The first-order valence-electron chi connectivity index (χ1n) is 7.42. The van der Waals surface area contributed by atoms with Gasteiger partial charge in [0.1, 0.15) is 18.1 Å². The van der Waals surface area contributed by atoms with Crippen LogP contribution >= 0.6 is 0 Å². The molecule has 1 aromatic carbocycles. The lowest BCUT2D eigenvalue weighted by Gasteiger charge is -2.08. The highest BCUT2D eigenvalue weighted by Gasteiger charge is 2.12. The molecule has 0 radical (unpaired) electrons. The first-order chi connectivity index (χ1) is 11.1. The molecule has 2 rings (SSSR count). The molecule has 0 aliphatic carbocycles. The first kappa shape index (κ1) is 16.7. The number of aryl methyl sites for hydroxylation is 2. The molecular weight excluding hydrogens is 297 g/mol. The van der Waals surface area contributed by atoms with Gasteiger partial charge in [0.2, 0.25) is 0 Å². The van der Waals surface area contributed by atoms with Crippen LogP contribution in [0.5, 0.6) is 5.75 Å². The molecule has 0 unspecified atom stereocenters. The second-order valence-electron chi connectivity index (χ2n) is 5.00. The van der Waals surface area contributed by atoms with Gasteiger partial charge < -0.3 is 10.1 Å². The van der Waals surface area contributed by atoms with Crippen molar-refractivity contribution >= 4 is 5.91 Å². The van der Waals surface area contributed by atoms with Crippen molar-refractivity contribution in [1.82, 2.24) is 15.1 Å². The van der Waals surface area contributed by atoms with E-state index in [9.17, 15) is 9.18 Å². The minimum absolute atomic E-state index is 0.168. The number of benzene rings is 1. The van der Waals surface area contributed by atoms with Gasteiger partial charge in [-0.1, -0.05) is 19.1 Å². The summed E-state index contributed by atoms with van der Waals surface area (Å²) in [5, 5.41) is 7.12. The Morgan fingerprint density at radius 2 is 2.26 bits per heavy atom. The number of amides is 1. The maximum atomic E-state index is 12.2. The summed E-state index contributed by atoms with van der Waals surface area (Å²) in [7, 11) is 1.75. The SMILES string of the molecule is CCc1cc(C(=O)NCc2cccc(OCC=CF)c2)n(C)n1. The topological polar surface area (TPSA) is 56.1 Å². The molecule has 122 valence electrons. The number of nitrogens with one attached hydrogen (secondary N) is 1. The van der Waals surface area contributed by atoms with Crippen LogP contribution in [0.15, 0.2) is 42.7 Å². The van der Waals surface area contributed by atoms with E-state index in [0.29, 0.717) is 24.3 Å². The lowest BCUT2D eigenvalue weighted by molar-refractivity contribution is 0.0941. The summed E-state index contributed by atoms with van der Waals surface area (Å²) < 4.78 is 18.8. The Morgan fingerprint density at radius 3 is 2.96 bits per heavy atom. The van der Waals surface area contributed by atoms with Crippen LogP contribution < -0.4 is 10.1 Å². The van der Waals surface area contributed by atoms with E-state index >= 15 is 0 Å². The monoisotopic (exact) mass is 317 g/mol. The summed E-state index contributed by atoms with van der Waals surface area (Å²) >= 11 is 0. The zero-order chi connectivity index (χ0) is 16.7. The number of hydrogen-bond donors (Lipinski definition) is 1. The Labute approximate surface area is 134 Å². The van der Waals surface area contributed by atoms with Gasteiger partial charge in [-0.15, -0.1) is 0 Å². The molecule has 0 aliphatic rings. The molecule has 0 saturated carbocycles. The molecule has 1 amide bonds. The van der Waals surface area contributed by atoms with E-state index in [1.54, 1.807) is 23.9 Å².